The molecule has 1 unspecified atom stereocenters. The second kappa shape index (κ2) is 4.98. The van der Waals surface area contributed by atoms with E-state index in [1.807, 2.05) is 0 Å². The molecule has 0 saturated carbocycles. The van der Waals surface area contributed by atoms with Gasteiger partial charge in [-0.1, -0.05) is 0 Å². The molecule has 5 heteroatoms. The number of alkyl halides is 3. The maximum Gasteiger partial charge on any atom is 0.403 e. The van der Waals surface area contributed by atoms with Crippen molar-refractivity contribution in [2.24, 2.45) is 5.92 Å². The first kappa shape index (κ1) is 11.8. The van der Waals surface area contributed by atoms with E-state index in [4.69, 9.17) is 4.74 Å². The van der Waals surface area contributed by atoms with Crippen LogP contribution in [0.5, 0.6) is 0 Å². The summed E-state index contributed by atoms with van der Waals surface area (Å²) in [7, 11) is 1.36. The summed E-state index contributed by atoms with van der Waals surface area (Å²) in [6.07, 6.45) is -2.47. The molecule has 1 heterocycles. The fourth-order valence-corrected chi connectivity index (χ4v) is 1.73. The standard InChI is InChI=1S/C9H16F3NO/c1-13-8(9(10,11)12)6-7-2-4-14-5-3-7/h7-8,13H,2-6H2,1H3. The van der Waals surface area contributed by atoms with Crippen LogP contribution < -0.4 is 5.32 Å². The minimum atomic E-state index is -4.13. The van der Waals surface area contributed by atoms with Crippen molar-refractivity contribution in [3.8, 4) is 0 Å². The number of rotatable bonds is 3. The molecule has 0 aliphatic carbocycles. The number of halogens is 3. The Morgan fingerprint density at radius 1 is 1.36 bits per heavy atom. The van der Waals surface area contributed by atoms with Crippen LogP contribution in [0.1, 0.15) is 19.3 Å². The van der Waals surface area contributed by atoms with E-state index < -0.39 is 12.2 Å². The first-order chi connectivity index (χ1) is 6.54. The van der Waals surface area contributed by atoms with Crippen LogP contribution in [0.3, 0.4) is 0 Å². The molecule has 0 aromatic carbocycles. The van der Waals surface area contributed by atoms with Gasteiger partial charge in [-0.15, -0.1) is 0 Å². The minimum absolute atomic E-state index is 0.142. The SMILES string of the molecule is CNC(CC1CCOCC1)C(F)(F)F. The molecule has 1 aliphatic heterocycles. The third-order valence-corrected chi connectivity index (χ3v) is 2.65. The molecule has 0 radical (unpaired) electrons. The minimum Gasteiger partial charge on any atom is -0.381 e. The summed E-state index contributed by atoms with van der Waals surface area (Å²) in [5.41, 5.74) is 0. The molecule has 1 saturated heterocycles. The fraction of sp³-hybridized carbons (Fsp3) is 1.00. The zero-order valence-corrected chi connectivity index (χ0v) is 8.23. The Morgan fingerprint density at radius 3 is 2.36 bits per heavy atom. The Balaban J connectivity index is 2.39. The highest BCUT2D eigenvalue weighted by atomic mass is 19.4. The van der Waals surface area contributed by atoms with Gasteiger partial charge in [-0.2, -0.15) is 13.2 Å². The maximum atomic E-state index is 12.4. The van der Waals surface area contributed by atoms with E-state index in [0.29, 0.717) is 13.2 Å². The van der Waals surface area contributed by atoms with Crippen LogP contribution in [0.25, 0.3) is 0 Å². The van der Waals surface area contributed by atoms with E-state index in [2.05, 4.69) is 5.32 Å². The summed E-state index contributed by atoms with van der Waals surface area (Å²) in [5.74, 6) is 0.142. The van der Waals surface area contributed by atoms with Gasteiger partial charge < -0.3 is 10.1 Å². The Labute approximate surface area is 81.8 Å². The zero-order chi connectivity index (χ0) is 10.6. The lowest BCUT2D eigenvalue weighted by Gasteiger charge is -2.27. The molecule has 0 aromatic rings. The Hall–Kier alpha value is -0.290. The van der Waals surface area contributed by atoms with Gasteiger partial charge in [-0.3, -0.25) is 0 Å². The average Bonchev–Trinajstić information content (AvgIpc) is 2.14. The van der Waals surface area contributed by atoms with E-state index in [0.717, 1.165) is 12.8 Å². The van der Waals surface area contributed by atoms with Gasteiger partial charge >= 0.3 is 6.18 Å². The molecule has 14 heavy (non-hydrogen) atoms. The van der Waals surface area contributed by atoms with Crippen LogP contribution in [-0.4, -0.2) is 32.5 Å². The van der Waals surface area contributed by atoms with Crippen molar-refractivity contribution in [1.29, 1.82) is 0 Å². The largest absolute Gasteiger partial charge is 0.403 e. The molecular formula is C9H16F3NO. The maximum absolute atomic E-state index is 12.4. The monoisotopic (exact) mass is 211 g/mol. The van der Waals surface area contributed by atoms with Crippen LogP contribution in [-0.2, 0) is 4.74 Å². The number of hydrogen-bond donors (Lipinski definition) is 1. The van der Waals surface area contributed by atoms with Crippen LogP contribution in [0, 0.1) is 5.92 Å². The highest BCUT2D eigenvalue weighted by Gasteiger charge is 2.39. The van der Waals surface area contributed by atoms with Gasteiger partial charge in [0.2, 0.25) is 0 Å². The normalized spacial score (nSPS) is 22.3. The molecule has 1 N–H and O–H groups in total. The third kappa shape index (κ3) is 3.46. The van der Waals surface area contributed by atoms with Gasteiger partial charge in [-0.25, -0.2) is 0 Å². The predicted octanol–water partition coefficient (Wildman–Crippen LogP) is 1.95. The van der Waals surface area contributed by atoms with Crippen LogP contribution >= 0.6 is 0 Å². The van der Waals surface area contributed by atoms with Gasteiger partial charge in [0.1, 0.15) is 6.04 Å². The van der Waals surface area contributed by atoms with Gasteiger partial charge in [0.15, 0.2) is 0 Å². The van der Waals surface area contributed by atoms with Crippen molar-refractivity contribution in [2.45, 2.75) is 31.5 Å². The van der Waals surface area contributed by atoms with E-state index in [-0.39, 0.29) is 12.3 Å². The van der Waals surface area contributed by atoms with Crippen molar-refractivity contribution in [3.05, 3.63) is 0 Å². The van der Waals surface area contributed by atoms with Crippen molar-refractivity contribution < 1.29 is 17.9 Å². The lowest BCUT2D eigenvalue weighted by molar-refractivity contribution is -0.159. The topological polar surface area (TPSA) is 21.3 Å². The van der Waals surface area contributed by atoms with Crippen molar-refractivity contribution in [2.75, 3.05) is 20.3 Å². The van der Waals surface area contributed by atoms with Crippen LogP contribution in [0.15, 0.2) is 0 Å². The average molecular weight is 211 g/mol. The molecule has 0 bridgehead atoms. The third-order valence-electron chi connectivity index (χ3n) is 2.65. The molecule has 1 fully saturated rings. The second-order valence-corrected chi connectivity index (χ2v) is 3.67. The summed E-state index contributed by atoms with van der Waals surface area (Å²) in [5, 5.41) is 2.32. The molecule has 84 valence electrons. The smallest absolute Gasteiger partial charge is 0.381 e. The molecule has 1 atom stereocenters. The lowest BCUT2D eigenvalue weighted by Crippen LogP contribution is -2.42. The quantitative estimate of drug-likeness (QED) is 0.770. The summed E-state index contributed by atoms with van der Waals surface area (Å²) in [4.78, 5) is 0. The highest BCUT2D eigenvalue weighted by Crippen LogP contribution is 2.28. The van der Waals surface area contributed by atoms with Gasteiger partial charge in [0, 0.05) is 13.2 Å². The van der Waals surface area contributed by atoms with E-state index in [1.165, 1.54) is 7.05 Å². The Bertz CT molecular complexity index is 166. The van der Waals surface area contributed by atoms with Gasteiger partial charge in [0.05, 0.1) is 0 Å². The predicted molar refractivity (Wildman–Crippen MR) is 47.1 cm³/mol. The lowest BCUT2D eigenvalue weighted by atomic mass is 9.92. The zero-order valence-electron chi connectivity index (χ0n) is 8.23. The first-order valence-electron chi connectivity index (χ1n) is 4.85. The molecule has 0 aromatic heterocycles. The molecular weight excluding hydrogens is 195 g/mol. The van der Waals surface area contributed by atoms with E-state index in [1.54, 1.807) is 0 Å². The van der Waals surface area contributed by atoms with Gasteiger partial charge in [-0.05, 0) is 32.2 Å². The fourth-order valence-electron chi connectivity index (χ4n) is 1.73. The molecule has 0 spiro atoms. The summed E-state index contributed by atoms with van der Waals surface area (Å²) in [6, 6.07) is -1.37. The Kier molecular flexibility index (Phi) is 4.19. The van der Waals surface area contributed by atoms with Crippen molar-refractivity contribution in [1.82, 2.24) is 5.32 Å². The Morgan fingerprint density at radius 2 is 1.93 bits per heavy atom. The summed E-state index contributed by atoms with van der Waals surface area (Å²) >= 11 is 0. The summed E-state index contributed by atoms with van der Waals surface area (Å²) < 4.78 is 42.2. The molecule has 1 rings (SSSR count). The number of ether oxygens (including phenoxy) is 1. The first-order valence-corrected chi connectivity index (χ1v) is 4.85. The van der Waals surface area contributed by atoms with E-state index in [9.17, 15) is 13.2 Å². The van der Waals surface area contributed by atoms with E-state index >= 15 is 0 Å². The second-order valence-electron chi connectivity index (χ2n) is 3.67. The summed E-state index contributed by atoms with van der Waals surface area (Å²) in [6.45, 7) is 1.19. The number of nitrogens with one attached hydrogen (secondary N) is 1. The van der Waals surface area contributed by atoms with Crippen LogP contribution in [0.4, 0.5) is 13.2 Å². The van der Waals surface area contributed by atoms with Gasteiger partial charge in [0.25, 0.3) is 0 Å². The van der Waals surface area contributed by atoms with Crippen LogP contribution in [0.2, 0.25) is 0 Å². The highest BCUT2D eigenvalue weighted by molar-refractivity contribution is 4.78. The van der Waals surface area contributed by atoms with Crippen molar-refractivity contribution >= 4 is 0 Å². The number of hydrogen-bond acceptors (Lipinski definition) is 2. The van der Waals surface area contributed by atoms with Crippen molar-refractivity contribution in [3.63, 3.8) is 0 Å². The molecule has 2 nitrogen and oxygen atoms in total. The molecule has 0 amide bonds. The molecule has 1 aliphatic rings.